The lowest BCUT2D eigenvalue weighted by molar-refractivity contribution is -0.140. The molecular weight excluding hydrogens is 318 g/mol. The molecular formula is C16H18ClN3O3. The van der Waals surface area contributed by atoms with Gasteiger partial charge in [-0.3, -0.25) is 4.79 Å². The monoisotopic (exact) mass is 335 g/mol. The molecule has 1 amide bonds. The van der Waals surface area contributed by atoms with E-state index in [0.717, 1.165) is 11.8 Å². The number of benzene rings is 1. The van der Waals surface area contributed by atoms with E-state index in [4.69, 9.17) is 22.0 Å². The smallest absolute Gasteiger partial charge is 0.326 e. The van der Waals surface area contributed by atoms with E-state index in [1.54, 1.807) is 44.2 Å². The maximum Gasteiger partial charge on any atom is 0.326 e. The van der Waals surface area contributed by atoms with Crippen LogP contribution in [0.4, 0.5) is 0 Å². The SMILES string of the molecule is CC(C)C(N/C=C(/C#N)C(=O)NCc1ccccc1Cl)C(=O)O. The Morgan fingerprint density at radius 1 is 1.39 bits per heavy atom. The number of carboxylic acid groups (broad SMARTS) is 1. The Bertz CT molecular complexity index is 650. The second-order valence-corrected chi connectivity index (χ2v) is 5.58. The van der Waals surface area contributed by atoms with Crippen molar-refractivity contribution in [1.82, 2.24) is 10.6 Å². The first-order valence-corrected chi connectivity index (χ1v) is 7.35. The Morgan fingerprint density at radius 2 is 2.04 bits per heavy atom. The molecule has 3 N–H and O–H groups in total. The van der Waals surface area contributed by atoms with Crippen molar-refractivity contribution in [3.8, 4) is 6.07 Å². The summed E-state index contributed by atoms with van der Waals surface area (Å²) in [4.78, 5) is 23.0. The Balaban J connectivity index is 2.72. The first-order chi connectivity index (χ1) is 10.9. The van der Waals surface area contributed by atoms with Crippen molar-refractivity contribution in [1.29, 1.82) is 5.26 Å². The molecule has 122 valence electrons. The predicted molar refractivity (Wildman–Crippen MR) is 86.4 cm³/mol. The van der Waals surface area contributed by atoms with E-state index in [1.807, 2.05) is 0 Å². The Hall–Kier alpha value is -2.52. The van der Waals surface area contributed by atoms with Gasteiger partial charge in [-0.2, -0.15) is 5.26 Å². The second-order valence-electron chi connectivity index (χ2n) is 5.17. The molecule has 1 atom stereocenters. The van der Waals surface area contributed by atoms with Crippen molar-refractivity contribution in [2.75, 3.05) is 0 Å². The van der Waals surface area contributed by atoms with Gasteiger partial charge in [0.25, 0.3) is 5.91 Å². The van der Waals surface area contributed by atoms with Crippen LogP contribution in [0.5, 0.6) is 0 Å². The first-order valence-electron chi connectivity index (χ1n) is 6.97. The summed E-state index contributed by atoms with van der Waals surface area (Å²) in [6.07, 6.45) is 1.13. The summed E-state index contributed by atoms with van der Waals surface area (Å²) in [6, 6.07) is 7.89. The van der Waals surface area contributed by atoms with E-state index in [0.29, 0.717) is 5.02 Å². The number of nitrogens with zero attached hydrogens (tertiary/aromatic N) is 1. The average molecular weight is 336 g/mol. The van der Waals surface area contributed by atoms with Gasteiger partial charge < -0.3 is 15.7 Å². The summed E-state index contributed by atoms with van der Waals surface area (Å²) >= 11 is 5.99. The maximum absolute atomic E-state index is 12.0. The highest BCUT2D eigenvalue weighted by atomic mass is 35.5. The van der Waals surface area contributed by atoms with Crippen molar-refractivity contribution in [3.05, 3.63) is 46.6 Å². The van der Waals surface area contributed by atoms with Crippen LogP contribution in [0.15, 0.2) is 36.0 Å². The molecule has 0 fully saturated rings. The number of nitriles is 1. The standard InChI is InChI=1S/C16H18ClN3O3/c1-10(2)14(16(22)23)19-9-12(7-18)15(21)20-8-11-5-3-4-6-13(11)17/h3-6,9-10,14,19H,8H2,1-2H3,(H,20,21)(H,22,23)/b12-9-. The topological polar surface area (TPSA) is 102 Å². The van der Waals surface area contributed by atoms with Crippen LogP contribution < -0.4 is 10.6 Å². The molecule has 0 saturated heterocycles. The molecule has 6 nitrogen and oxygen atoms in total. The van der Waals surface area contributed by atoms with Crippen LogP contribution in [-0.4, -0.2) is 23.0 Å². The minimum Gasteiger partial charge on any atom is -0.480 e. The van der Waals surface area contributed by atoms with Crippen LogP contribution in [0.2, 0.25) is 5.02 Å². The van der Waals surface area contributed by atoms with Crippen molar-refractivity contribution in [2.45, 2.75) is 26.4 Å². The van der Waals surface area contributed by atoms with Crippen molar-refractivity contribution in [2.24, 2.45) is 5.92 Å². The number of nitrogens with one attached hydrogen (secondary N) is 2. The lowest BCUT2D eigenvalue weighted by atomic mass is 10.1. The van der Waals surface area contributed by atoms with Gasteiger partial charge in [0.2, 0.25) is 0 Å². The average Bonchev–Trinajstić information content (AvgIpc) is 2.49. The lowest BCUT2D eigenvalue weighted by Gasteiger charge is -2.16. The van der Waals surface area contributed by atoms with E-state index in [1.165, 1.54) is 0 Å². The zero-order valence-electron chi connectivity index (χ0n) is 12.8. The Morgan fingerprint density at radius 3 is 2.57 bits per heavy atom. The van der Waals surface area contributed by atoms with Gasteiger partial charge in [-0.25, -0.2) is 4.79 Å². The van der Waals surface area contributed by atoms with Gasteiger partial charge in [0, 0.05) is 17.8 Å². The molecule has 7 heteroatoms. The summed E-state index contributed by atoms with van der Waals surface area (Å²) in [6.45, 7) is 3.62. The third-order valence-electron chi connectivity index (χ3n) is 3.10. The van der Waals surface area contributed by atoms with Crippen LogP contribution in [0.3, 0.4) is 0 Å². The normalized spacial score (nSPS) is 12.4. The molecule has 0 radical (unpaired) electrons. The van der Waals surface area contributed by atoms with Crippen molar-refractivity contribution in [3.63, 3.8) is 0 Å². The van der Waals surface area contributed by atoms with Gasteiger partial charge in [0.05, 0.1) is 0 Å². The quantitative estimate of drug-likeness (QED) is 0.523. The maximum atomic E-state index is 12.0. The van der Waals surface area contributed by atoms with Gasteiger partial charge in [-0.05, 0) is 17.5 Å². The molecule has 1 rings (SSSR count). The second kappa shape index (κ2) is 8.81. The van der Waals surface area contributed by atoms with Crippen molar-refractivity contribution >= 4 is 23.5 Å². The Labute approximate surface area is 139 Å². The van der Waals surface area contributed by atoms with Gasteiger partial charge in [-0.1, -0.05) is 43.6 Å². The lowest BCUT2D eigenvalue weighted by Crippen LogP contribution is -2.38. The number of carbonyl (C=O) groups excluding carboxylic acids is 1. The molecule has 0 aliphatic rings. The van der Waals surface area contributed by atoms with Crippen LogP contribution in [0.25, 0.3) is 0 Å². The number of rotatable bonds is 7. The summed E-state index contributed by atoms with van der Waals surface area (Å²) < 4.78 is 0. The van der Waals surface area contributed by atoms with Crippen LogP contribution in [-0.2, 0) is 16.1 Å². The van der Waals surface area contributed by atoms with Gasteiger partial charge >= 0.3 is 5.97 Å². The highest BCUT2D eigenvalue weighted by Crippen LogP contribution is 2.14. The predicted octanol–water partition coefficient (Wildman–Crippen LogP) is 2.06. The fourth-order valence-electron chi connectivity index (χ4n) is 1.78. The summed E-state index contributed by atoms with van der Waals surface area (Å²) in [5, 5.41) is 23.8. The molecule has 23 heavy (non-hydrogen) atoms. The van der Waals surface area contributed by atoms with Gasteiger partial charge in [0.1, 0.15) is 17.7 Å². The number of hydrogen-bond donors (Lipinski definition) is 3. The van der Waals surface area contributed by atoms with E-state index >= 15 is 0 Å². The molecule has 0 aromatic heterocycles. The largest absolute Gasteiger partial charge is 0.480 e. The molecule has 1 unspecified atom stereocenters. The number of hydrogen-bond acceptors (Lipinski definition) is 4. The fraction of sp³-hybridized carbons (Fsp3) is 0.312. The zero-order valence-corrected chi connectivity index (χ0v) is 13.6. The fourth-order valence-corrected chi connectivity index (χ4v) is 1.99. The number of aliphatic carboxylic acids is 1. The molecule has 0 heterocycles. The van der Waals surface area contributed by atoms with E-state index < -0.39 is 17.9 Å². The molecule has 0 spiro atoms. The third-order valence-corrected chi connectivity index (χ3v) is 3.47. The molecule has 1 aromatic rings. The number of halogens is 1. The van der Waals surface area contributed by atoms with Crippen molar-refractivity contribution < 1.29 is 14.7 Å². The molecule has 0 bridgehead atoms. The highest BCUT2D eigenvalue weighted by molar-refractivity contribution is 6.31. The van der Waals surface area contributed by atoms with E-state index in [2.05, 4.69) is 10.6 Å². The molecule has 0 saturated carbocycles. The zero-order chi connectivity index (χ0) is 17.4. The molecule has 1 aromatic carbocycles. The minimum atomic E-state index is -1.05. The summed E-state index contributed by atoms with van der Waals surface area (Å²) in [5.41, 5.74) is 0.516. The van der Waals surface area contributed by atoms with Crippen LogP contribution >= 0.6 is 11.6 Å². The minimum absolute atomic E-state index is 0.171. The third kappa shape index (κ3) is 5.64. The summed E-state index contributed by atoms with van der Waals surface area (Å²) in [7, 11) is 0. The molecule has 0 aliphatic heterocycles. The number of amides is 1. The Kier molecular flexibility index (Phi) is 7.10. The van der Waals surface area contributed by atoms with E-state index in [9.17, 15) is 9.59 Å². The number of carboxylic acids is 1. The summed E-state index contributed by atoms with van der Waals surface area (Å²) in [5.74, 6) is -1.85. The highest BCUT2D eigenvalue weighted by Gasteiger charge is 2.20. The van der Waals surface area contributed by atoms with Crippen LogP contribution in [0.1, 0.15) is 19.4 Å². The van der Waals surface area contributed by atoms with Gasteiger partial charge in [0.15, 0.2) is 0 Å². The molecule has 0 aliphatic carbocycles. The van der Waals surface area contributed by atoms with Gasteiger partial charge in [-0.15, -0.1) is 0 Å². The van der Waals surface area contributed by atoms with E-state index in [-0.39, 0.29) is 18.0 Å². The van der Waals surface area contributed by atoms with Crippen LogP contribution in [0, 0.1) is 17.2 Å². The first kappa shape index (κ1) is 18.5. The number of carbonyl (C=O) groups is 2.